The summed E-state index contributed by atoms with van der Waals surface area (Å²) in [7, 11) is -2.70. The van der Waals surface area contributed by atoms with Gasteiger partial charge in [-0.2, -0.15) is 0 Å². The molecule has 3 aromatic carbocycles. The lowest BCUT2D eigenvalue weighted by Crippen LogP contribution is -2.34. The number of carbonyl (C=O) groups excluding carboxylic acids is 2. The van der Waals surface area contributed by atoms with Crippen molar-refractivity contribution in [3.63, 3.8) is 0 Å². The number of methoxy groups -OCH3 is 1. The van der Waals surface area contributed by atoms with E-state index in [0.717, 1.165) is 19.6 Å². The molecule has 0 aliphatic heterocycles. The molecule has 0 radical (unpaired) electrons. The average Bonchev–Trinajstić information content (AvgIpc) is 2.91. The molecule has 0 atom stereocenters. The zero-order valence-electron chi connectivity index (χ0n) is 21.9. The van der Waals surface area contributed by atoms with Gasteiger partial charge in [-0.25, -0.2) is 8.42 Å². The van der Waals surface area contributed by atoms with Crippen LogP contribution in [-0.2, 0) is 10.0 Å². The van der Waals surface area contributed by atoms with Crippen LogP contribution in [0.15, 0.2) is 71.6 Å². The number of carbonyl (C=O) groups is 2. The molecule has 0 aromatic heterocycles. The summed E-state index contributed by atoms with van der Waals surface area (Å²) >= 11 is 6.18. The van der Waals surface area contributed by atoms with E-state index in [1.165, 1.54) is 25.3 Å². The van der Waals surface area contributed by atoms with Gasteiger partial charge < -0.3 is 20.3 Å². The zero-order chi connectivity index (χ0) is 27.7. The minimum absolute atomic E-state index is 0. The smallest absolute Gasteiger partial charge is 0.263 e. The highest BCUT2D eigenvalue weighted by Gasteiger charge is 2.22. The fraction of sp³-hybridized carbons (Fsp3) is 0.259. The van der Waals surface area contributed by atoms with E-state index in [4.69, 9.17) is 16.3 Å². The number of ether oxygens (including phenoxy) is 1. The van der Waals surface area contributed by atoms with E-state index in [0.29, 0.717) is 23.5 Å². The SMILES string of the molecule is CCN(CC)CCNC(=O)c1ccc(NC(=O)c2ccc(Cl)c(S(=O)(=O)Nc3ccccc3OC)c2)cc1.Cl. The second kappa shape index (κ2) is 14.7. The second-order valence-corrected chi connectivity index (χ2v) is 10.3. The molecular formula is C27H32Cl2N4O5S. The highest BCUT2D eigenvalue weighted by atomic mass is 35.5. The lowest BCUT2D eigenvalue weighted by atomic mass is 10.1. The van der Waals surface area contributed by atoms with Crippen LogP contribution in [0.2, 0.25) is 5.02 Å². The molecule has 2 amide bonds. The molecule has 3 N–H and O–H groups in total. The van der Waals surface area contributed by atoms with Crippen molar-refractivity contribution in [2.24, 2.45) is 0 Å². The van der Waals surface area contributed by atoms with Crippen LogP contribution in [0.4, 0.5) is 11.4 Å². The molecular weight excluding hydrogens is 563 g/mol. The van der Waals surface area contributed by atoms with Crippen molar-refractivity contribution in [1.82, 2.24) is 10.2 Å². The molecule has 3 aromatic rings. The Hall–Kier alpha value is -3.31. The summed E-state index contributed by atoms with van der Waals surface area (Å²) in [6, 6.07) is 16.9. The predicted octanol–water partition coefficient (Wildman–Crippen LogP) is 4.90. The molecule has 0 aliphatic rings. The Kier molecular flexibility index (Phi) is 12.1. The first-order chi connectivity index (χ1) is 18.2. The van der Waals surface area contributed by atoms with Gasteiger partial charge >= 0.3 is 0 Å². The number of hydrogen-bond acceptors (Lipinski definition) is 6. The molecule has 0 aliphatic carbocycles. The van der Waals surface area contributed by atoms with E-state index in [1.807, 2.05) is 0 Å². The zero-order valence-corrected chi connectivity index (χ0v) is 24.3. The van der Waals surface area contributed by atoms with Gasteiger partial charge in [0.05, 0.1) is 17.8 Å². The van der Waals surface area contributed by atoms with Gasteiger partial charge in [-0.3, -0.25) is 14.3 Å². The van der Waals surface area contributed by atoms with E-state index in [1.54, 1.807) is 48.5 Å². The Morgan fingerprint density at radius 2 is 1.56 bits per heavy atom. The van der Waals surface area contributed by atoms with Gasteiger partial charge in [-0.05, 0) is 67.7 Å². The second-order valence-electron chi connectivity index (χ2n) is 8.27. The minimum Gasteiger partial charge on any atom is -0.495 e. The molecule has 0 fully saturated rings. The maximum absolute atomic E-state index is 13.0. The summed E-state index contributed by atoms with van der Waals surface area (Å²) in [5.74, 6) is -0.404. The van der Waals surface area contributed by atoms with Gasteiger partial charge in [-0.1, -0.05) is 37.6 Å². The van der Waals surface area contributed by atoms with Gasteiger partial charge in [0.25, 0.3) is 21.8 Å². The Balaban J connectivity index is 0.00000533. The molecule has 0 unspecified atom stereocenters. The number of amides is 2. The number of halogens is 2. The van der Waals surface area contributed by atoms with Crippen molar-refractivity contribution in [2.45, 2.75) is 18.7 Å². The number of nitrogens with one attached hydrogen (secondary N) is 3. The molecule has 0 spiro atoms. The van der Waals surface area contributed by atoms with Crippen molar-refractivity contribution >= 4 is 57.2 Å². The third-order valence-electron chi connectivity index (χ3n) is 5.85. The molecule has 9 nitrogen and oxygen atoms in total. The summed E-state index contributed by atoms with van der Waals surface area (Å²) in [5.41, 5.74) is 1.23. The molecule has 0 saturated heterocycles. The van der Waals surface area contributed by atoms with E-state index in [2.05, 4.69) is 34.1 Å². The Morgan fingerprint density at radius 1 is 0.923 bits per heavy atom. The molecule has 210 valence electrons. The normalized spacial score (nSPS) is 10.9. The van der Waals surface area contributed by atoms with E-state index in [-0.39, 0.29) is 39.5 Å². The number of benzene rings is 3. The van der Waals surface area contributed by atoms with Crippen LogP contribution in [-0.4, -0.2) is 58.4 Å². The van der Waals surface area contributed by atoms with Crippen LogP contribution < -0.4 is 20.1 Å². The standard InChI is InChI=1S/C27H31ClN4O5S.ClH/c1-4-32(5-2)17-16-29-26(33)19-10-13-21(14-11-19)30-27(34)20-12-15-22(28)25(18-20)38(35,36)31-23-8-6-7-9-24(23)37-3;/h6-15,18,31H,4-5,16-17H2,1-3H3,(H,29,33)(H,30,34);1H. The van der Waals surface area contributed by atoms with Crippen LogP contribution in [0.3, 0.4) is 0 Å². The van der Waals surface area contributed by atoms with Gasteiger partial charge in [0.2, 0.25) is 0 Å². The summed E-state index contributed by atoms with van der Waals surface area (Å²) < 4.78 is 33.7. The van der Waals surface area contributed by atoms with Gasteiger partial charge in [0.1, 0.15) is 10.6 Å². The topological polar surface area (TPSA) is 117 Å². The first kappa shape index (κ1) is 31.9. The third kappa shape index (κ3) is 8.59. The van der Waals surface area contributed by atoms with Crippen LogP contribution in [0, 0.1) is 0 Å². The Morgan fingerprint density at radius 3 is 2.21 bits per heavy atom. The summed E-state index contributed by atoms with van der Waals surface area (Å²) in [6.45, 7) is 7.27. The van der Waals surface area contributed by atoms with E-state index in [9.17, 15) is 18.0 Å². The first-order valence-corrected chi connectivity index (χ1v) is 13.9. The van der Waals surface area contributed by atoms with Crippen molar-refractivity contribution in [2.75, 3.05) is 43.3 Å². The lowest BCUT2D eigenvalue weighted by molar-refractivity contribution is 0.0948. The number of nitrogens with zero attached hydrogens (tertiary/aromatic N) is 1. The van der Waals surface area contributed by atoms with Crippen molar-refractivity contribution in [3.8, 4) is 5.75 Å². The summed E-state index contributed by atoms with van der Waals surface area (Å²) in [6.07, 6.45) is 0. The van der Waals surface area contributed by atoms with Gasteiger partial charge in [-0.15, -0.1) is 12.4 Å². The highest BCUT2D eigenvalue weighted by Crippen LogP contribution is 2.29. The van der Waals surface area contributed by atoms with Crippen LogP contribution in [0.5, 0.6) is 5.75 Å². The number of sulfonamides is 1. The maximum Gasteiger partial charge on any atom is 0.263 e. The van der Waals surface area contributed by atoms with E-state index < -0.39 is 15.9 Å². The van der Waals surface area contributed by atoms with Crippen LogP contribution in [0.1, 0.15) is 34.6 Å². The molecule has 3 rings (SSSR count). The number of hydrogen-bond donors (Lipinski definition) is 3. The minimum atomic E-state index is -4.13. The lowest BCUT2D eigenvalue weighted by Gasteiger charge is -2.18. The Labute approximate surface area is 240 Å². The number of anilines is 2. The largest absolute Gasteiger partial charge is 0.495 e. The van der Waals surface area contributed by atoms with Gasteiger partial charge in [0, 0.05) is 29.9 Å². The van der Waals surface area contributed by atoms with E-state index >= 15 is 0 Å². The third-order valence-corrected chi connectivity index (χ3v) is 7.69. The number of para-hydroxylation sites is 2. The summed E-state index contributed by atoms with van der Waals surface area (Å²) in [4.78, 5) is 27.2. The van der Waals surface area contributed by atoms with Crippen molar-refractivity contribution < 1.29 is 22.7 Å². The molecule has 0 bridgehead atoms. The van der Waals surface area contributed by atoms with Crippen molar-refractivity contribution in [1.29, 1.82) is 0 Å². The van der Waals surface area contributed by atoms with Crippen LogP contribution >= 0.6 is 24.0 Å². The first-order valence-electron chi connectivity index (χ1n) is 12.1. The molecule has 0 saturated carbocycles. The highest BCUT2D eigenvalue weighted by molar-refractivity contribution is 7.92. The maximum atomic E-state index is 13.0. The average molecular weight is 596 g/mol. The fourth-order valence-corrected chi connectivity index (χ4v) is 5.25. The molecule has 12 heteroatoms. The van der Waals surface area contributed by atoms with Gasteiger partial charge in [0.15, 0.2) is 0 Å². The molecule has 39 heavy (non-hydrogen) atoms. The predicted molar refractivity (Wildman–Crippen MR) is 157 cm³/mol. The fourth-order valence-electron chi connectivity index (χ4n) is 3.66. The van der Waals surface area contributed by atoms with Crippen molar-refractivity contribution in [3.05, 3.63) is 82.9 Å². The monoisotopic (exact) mass is 594 g/mol. The summed E-state index contributed by atoms with van der Waals surface area (Å²) in [5, 5.41) is 5.55. The Bertz CT molecular complexity index is 1380. The molecule has 0 heterocycles. The van der Waals surface area contributed by atoms with Crippen LogP contribution in [0.25, 0.3) is 0 Å². The number of rotatable bonds is 12. The quantitative estimate of drug-likeness (QED) is 0.275. The number of likely N-dealkylation sites (N-methyl/N-ethyl adjacent to an activating group) is 1.